The molecule has 17 heavy (non-hydrogen) atoms. The molecule has 1 fully saturated rings. The van der Waals surface area contributed by atoms with Gasteiger partial charge >= 0.3 is 0 Å². The normalized spacial score (nSPS) is 23.7. The number of aromatic nitrogens is 3. The number of likely N-dealkylation sites (tertiary alicyclic amines) is 1. The third kappa shape index (κ3) is 2.26. The number of ether oxygens (including phenoxy) is 1. The number of piperidine rings is 1. The van der Waals surface area contributed by atoms with Crippen molar-refractivity contribution < 1.29 is 18.3 Å². The summed E-state index contributed by atoms with van der Waals surface area (Å²) in [4.78, 5) is 16.5. The molecule has 2 heterocycles. The van der Waals surface area contributed by atoms with Crippen molar-refractivity contribution in [3.63, 3.8) is 0 Å². The summed E-state index contributed by atoms with van der Waals surface area (Å²) in [6.07, 6.45) is 0.123. The van der Waals surface area contributed by atoms with Crippen LogP contribution in [-0.4, -0.2) is 58.2 Å². The molecular formula is C9H12F2N4O2. The van der Waals surface area contributed by atoms with Crippen molar-refractivity contribution in [1.29, 1.82) is 0 Å². The summed E-state index contributed by atoms with van der Waals surface area (Å²) in [7, 11) is 1.24. The number of alkyl halides is 2. The predicted octanol–water partition coefficient (Wildman–Crippen LogP) is 0.301. The average Bonchev–Trinajstić information content (AvgIpc) is 2.80. The highest BCUT2D eigenvalue weighted by Crippen LogP contribution is 2.29. The number of nitrogens with zero attached hydrogens (tertiary/aromatic N) is 3. The van der Waals surface area contributed by atoms with Gasteiger partial charge in [0.05, 0.1) is 6.54 Å². The van der Waals surface area contributed by atoms with Crippen molar-refractivity contribution >= 4 is 5.91 Å². The number of hydrogen-bond acceptors (Lipinski definition) is 4. The van der Waals surface area contributed by atoms with E-state index in [0.29, 0.717) is 0 Å². The predicted molar refractivity (Wildman–Crippen MR) is 52.6 cm³/mol. The summed E-state index contributed by atoms with van der Waals surface area (Å²) in [6.45, 7) is -0.446. The molecule has 1 atom stereocenters. The molecule has 0 spiro atoms. The Morgan fingerprint density at radius 2 is 2.47 bits per heavy atom. The average molecular weight is 246 g/mol. The lowest BCUT2D eigenvalue weighted by molar-refractivity contribution is -0.155. The number of amides is 1. The molecule has 1 amide bonds. The number of aromatic amines is 1. The number of methoxy groups -OCH3 is 1. The van der Waals surface area contributed by atoms with E-state index < -0.39 is 24.5 Å². The van der Waals surface area contributed by atoms with E-state index in [2.05, 4.69) is 15.2 Å². The van der Waals surface area contributed by atoms with Gasteiger partial charge in [-0.2, -0.15) is 5.10 Å². The quantitative estimate of drug-likeness (QED) is 0.814. The van der Waals surface area contributed by atoms with Crippen molar-refractivity contribution in [3.8, 4) is 0 Å². The van der Waals surface area contributed by atoms with Crippen LogP contribution in [0.25, 0.3) is 0 Å². The number of nitrogens with one attached hydrogen (secondary N) is 1. The van der Waals surface area contributed by atoms with E-state index in [1.807, 2.05) is 0 Å². The SMILES string of the molecule is CO[C@H]1CCN(C(=O)c2ncn[nH]2)CC1(F)F. The summed E-state index contributed by atoms with van der Waals surface area (Å²) in [5, 5.41) is 5.87. The van der Waals surface area contributed by atoms with E-state index in [1.54, 1.807) is 0 Å². The van der Waals surface area contributed by atoms with Gasteiger partial charge in [0.15, 0.2) is 0 Å². The number of hydrogen-bond donors (Lipinski definition) is 1. The minimum atomic E-state index is -3.04. The number of carbonyl (C=O) groups is 1. The van der Waals surface area contributed by atoms with Crippen LogP contribution in [0.5, 0.6) is 0 Å². The summed E-state index contributed by atoms with van der Waals surface area (Å²) in [6, 6.07) is 0. The maximum absolute atomic E-state index is 13.6. The number of H-pyrrole nitrogens is 1. The molecule has 0 radical (unpaired) electrons. The van der Waals surface area contributed by atoms with Gasteiger partial charge < -0.3 is 9.64 Å². The Bertz CT molecular complexity index is 396. The van der Waals surface area contributed by atoms with Crippen molar-refractivity contribution in [2.75, 3.05) is 20.2 Å². The minimum absolute atomic E-state index is 0.0309. The first-order valence-corrected chi connectivity index (χ1v) is 5.10. The zero-order valence-corrected chi connectivity index (χ0v) is 9.19. The standard InChI is InChI=1S/C9H12F2N4O2/c1-17-6-2-3-15(4-9(6,10)11)8(16)7-12-5-13-14-7/h5-6H,2-4H2,1H3,(H,12,13,14)/t6-/m0/s1. The van der Waals surface area contributed by atoms with E-state index in [4.69, 9.17) is 4.74 Å². The fraction of sp³-hybridized carbons (Fsp3) is 0.667. The number of halogens is 2. The second-order valence-electron chi connectivity index (χ2n) is 3.83. The van der Waals surface area contributed by atoms with E-state index in [1.165, 1.54) is 7.11 Å². The van der Waals surface area contributed by atoms with Crippen LogP contribution in [-0.2, 0) is 4.74 Å². The maximum atomic E-state index is 13.6. The molecule has 2 rings (SSSR count). The monoisotopic (exact) mass is 246 g/mol. The molecule has 6 nitrogen and oxygen atoms in total. The molecule has 1 aliphatic heterocycles. The first kappa shape index (κ1) is 11.9. The smallest absolute Gasteiger partial charge is 0.291 e. The van der Waals surface area contributed by atoms with Crippen LogP contribution in [0.2, 0.25) is 0 Å². The molecule has 1 aromatic heterocycles. The number of rotatable bonds is 2. The summed E-state index contributed by atoms with van der Waals surface area (Å²) in [5.74, 6) is -3.64. The molecule has 1 N–H and O–H groups in total. The summed E-state index contributed by atoms with van der Waals surface area (Å²) >= 11 is 0. The fourth-order valence-electron chi connectivity index (χ4n) is 1.84. The molecule has 8 heteroatoms. The maximum Gasteiger partial charge on any atom is 0.291 e. The molecule has 1 aliphatic rings. The van der Waals surface area contributed by atoms with Gasteiger partial charge in [0.2, 0.25) is 5.82 Å². The first-order chi connectivity index (χ1) is 8.04. The second-order valence-corrected chi connectivity index (χ2v) is 3.83. The lowest BCUT2D eigenvalue weighted by Gasteiger charge is -2.36. The van der Waals surface area contributed by atoms with Crippen molar-refractivity contribution in [2.45, 2.75) is 18.4 Å². The van der Waals surface area contributed by atoms with Gasteiger partial charge in [-0.3, -0.25) is 9.89 Å². The van der Waals surface area contributed by atoms with Crippen LogP contribution in [0.3, 0.4) is 0 Å². The molecule has 94 valence electrons. The lowest BCUT2D eigenvalue weighted by Crippen LogP contribution is -2.54. The zero-order valence-electron chi connectivity index (χ0n) is 9.19. The van der Waals surface area contributed by atoms with Gasteiger partial charge in [-0.15, -0.1) is 0 Å². The van der Waals surface area contributed by atoms with Crippen LogP contribution in [0.15, 0.2) is 6.33 Å². The lowest BCUT2D eigenvalue weighted by atomic mass is 10.0. The van der Waals surface area contributed by atoms with Gasteiger partial charge in [0.25, 0.3) is 11.8 Å². The van der Waals surface area contributed by atoms with Crippen LogP contribution in [0, 0.1) is 0 Å². The molecule has 0 aliphatic carbocycles. The van der Waals surface area contributed by atoms with Crippen LogP contribution in [0.4, 0.5) is 8.78 Å². The second kappa shape index (κ2) is 4.36. The van der Waals surface area contributed by atoms with Gasteiger partial charge in [-0.25, -0.2) is 13.8 Å². The Kier molecular flexibility index (Phi) is 3.05. The molecule has 1 saturated heterocycles. The third-order valence-corrected chi connectivity index (χ3v) is 2.72. The Morgan fingerprint density at radius 1 is 1.71 bits per heavy atom. The van der Waals surface area contributed by atoms with Gasteiger partial charge in [-0.1, -0.05) is 0 Å². The highest BCUT2D eigenvalue weighted by Gasteiger charge is 2.46. The topological polar surface area (TPSA) is 71.1 Å². The molecule has 0 aromatic carbocycles. The van der Waals surface area contributed by atoms with Gasteiger partial charge in [0, 0.05) is 13.7 Å². The van der Waals surface area contributed by atoms with Crippen LogP contribution < -0.4 is 0 Å². The number of carbonyl (C=O) groups excluding carboxylic acids is 1. The van der Waals surface area contributed by atoms with E-state index in [0.717, 1.165) is 11.2 Å². The van der Waals surface area contributed by atoms with Crippen LogP contribution >= 0.6 is 0 Å². The third-order valence-electron chi connectivity index (χ3n) is 2.72. The summed E-state index contributed by atoms with van der Waals surface area (Å²) in [5.41, 5.74) is 0. The van der Waals surface area contributed by atoms with E-state index in [9.17, 15) is 13.6 Å². The molecule has 1 aromatic rings. The Morgan fingerprint density at radius 3 is 3.00 bits per heavy atom. The highest BCUT2D eigenvalue weighted by atomic mass is 19.3. The van der Waals surface area contributed by atoms with E-state index >= 15 is 0 Å². The Labute approximate surface area is 96.0 Å². The van der Waals surface area contributed by atoms with Crippen molar-refractivity contribution in [1.82, 2.24) is 20.1 Å². The fourth-order valence-corrected chi connectivity index (χ4v) is 1.84. The van der Waals surface area contributed by atoms with Gasteiger partial charge in [0.1, 0.15) is 12.4 Å². The first-order valence-electron chi connectivity index (χ1n) is 5.10. The zero-order chi connectivity index (χ0) is 12.5. The molecule has 0 bridgehead atoms. The van der Waals surface area contributed by atoms with Crippen molar-refractivity contribution in [2.24, 2.45) is 0 Å². The largest absolute Gasteiger partial charge is 0.375 e. The molecular weight excluding hydrogens is 234 g/mol. The summed E-state index contributed by atoms with van der Waals surface area (Å²) < 4.78 is 31.8. The Balaban J connectivity index is 2.08. The Hall–Kier alpha value is -1.57. The van der Waals surface area contributed by atoms with E-state index in [-0.39, 0.29) is 18.8 Å². The molecule has 0 saturated carbocycles. The molecule has 0 unspecified atom stereocenters. The minimum Gasteiger partial charge on any atom is -0.375 e. The van der Waals surface area contributed by atoms with Crippen LogP contribution in [0.1, 0.15) is 17.0 Å². The van der Waals surface area contributed by atoms with Gasteiger partial charge in [-0.05, 0) is 6.42 Å². The van der Waals surface area contributed by atoms with Crippen molar-refractivity contribution in [3.05, 3.63) is 12.2 Å². The highest BCUT2D eigenvalue weighted by molar-refractivity contribution is 5.90.